The third kappa shape index (κ3) is 4.73. The van der Waals surface area contributed by atoms with E-state index in [2.05, 4.69) is 58.0 Å². The van der Waals surface area contributed by atoms with Crippen molar-refractivity contribution in [3.05, 3.63) is 47.5 Å². The van der Waals surface area contributed by atoms with Gasteiger partial charge >= 0.3 is 5.97 Å². The lowest BCUT2D eigenvalue weighted by atomic mass is 9.44. The number of allylic oxidation sites excluding steroid dienone is 1. The molecule has 0 aromatic heterocycles. The van der Waals surface area contributed by atoms with Crippen LogP contribution in [0.2, 0.25) is 0 Å². The molecule has 0 amide bonds. The zero-order valence-electron chi connectivity index (χ0n) is 24.5. The van der Waals surface area contributed by atoms with Gasteiger partial charge < -0.3 is 9.47 Å². The van der Waals surface area contributed by atoms with Gasteiger partial charge in [-0.3, -0.25) is 9.59 Å². The van der Waals surface area contributed by atoms with E-state index in [4.69, 9.17) is 9.47 Å². The average Bonchev–Trinajstić information content (AvgIpc) is 3.21. The first kappa shape index (κ1) is 27.2. The molecule has 10 unspecified atom stereocenters. The maximum Gasteiger partial charge on any atom is 0.306 e. The second kappa shape index (κ2) is 10.5. The van der Waals surface area contributed by atoms with Gasteiger partial charge in [0.25, 0.3) is 0 Å². The molecule has 3 saturated carbocycles. The average molecular weight is 533 g/mol. The van der Waals surface area contributed by atoms with Crippen LogP contribution in [0, 0.1) is 46.3 Å². The molecule has 4 nitrogen and oxygen atoms in total. The quantitative estimate of drug-likeness (QED) is 0.352. The van der Waals surface area contributed by atoms with Crippen molar-refractivity contribution in [3.8, 4) is 0 Å². The van der Waals surface area contributed by atoms with Crippen molar-refractivity contribution in [2.75, 3.05) is 0 Å². The molecule has 1 aromatic carbocycles. The molecule has 5 aliphatic rings. The van der Waals surface area contributed by atoms with Crippen LogP contribution in [0.4, 0.5) is 0 Å². The number of carbonyl (C=O) groups is 2. The Morgan fingerprint density at radius 3 is 2.59 bits per heavy atom. The molecule has 1 heterocycles. The maximum absolute atomic E-state index is 13.8. The number of fused-ring (bicyclic) bond motifs is 5. The molecule has 39 heavy (non-hydrogen) atoms. The smallest absolute Gasteiger partial charge is 0.306 e. The summed E-state index contributed by atoms with van der Waals surface area (Å²) in [5, 5.41) is 0. The summed E-state index contributed by atoms with van der Waals surface area (Å²) in [6.45, 7) is 10.0. The summed E-state index contributed by atoms with van der Waals surface area (Å²) in [5.41, 5.74) is 2.74. The molecule has 4 aliphatic carbocycles. The fraction of sp³-hybridized carbons (Fsp3) is 0.714. The highest BCUT2D eigenvalue weighted by molar-refractivity contribution is 5.97. The number of cyclic esters (lactones) is 1. The normalized spacial score (nSPS) is 42.6. The Morgan fingerprint density at radius 2 is 1.82 bits per heavy atom. The second-order valence-corrected chi connectivity index (χ2v) is 14.2. The number of ketones is 1. The first-order valence-corrected chi connectivity index (χ1v) is 15.8. The molecule has 1 aliphatic heterocycles. The topological polar surface area (TPSA) is 52.6 Å². The molecule has 0 radical (unpaired) electrons. The van der Waals surface area contributed by atoms with E-state index in [-0.39, 0.29) is 29.3 Å². The van der Waals surface area contributed by atoms with Gasteiger partial charge in [-0.2, -0.15) is 0 Å². The van der Waals surface area contributed by atoms with E-state index in [0.29, 0.717) is 54.0 Å². The van der Waals surface area contributed by atoms with Crippen LogP contribution in [0.15, 0.2) is 42.0 Å². The van der Waals surface area contributed by atoms with Gasteiger partial charge in [-0.1, -0.05) is 70.0 Å². The van der Waals surface area contributed by atoms with Crippen molar-refractivity contribution in [2.24, 2.45) is 46.3 Å². The third-order valence-electron chi connectivity index (χ3n) is 12.3. The molecule has 10 atom stereocenters. The van der Waals surface area contributed by atoms with Crippen molar-refractivity contribution in [1.82, 2.24) is 0 Å². The van der Waals surface area contributed by atoms with Crippen molar-refractivity contribution < 1.29 is 19.1 Å². The van der Waals surface area contributed by atoms with Gasteiger partial charge in [0.1, 0.15) is 6.10 Å². The minimum atomic E-state index is -0.0948. The van der Waals surface area contributed by atoms with E-state index in [1.807, 2.05) is 6.08 Å². The molecular weight excluding hydrogens is 484 g/mol. The first-order valence-electron chi connectivity index (χ1n) is 15.8. The summed E-state index contributed by atoms with van der Waals surface area (Å²) in [6, 6.07) is 10.5. The molecule has 4 fully saturated rings. The number of hydrogen-bond acceptors (Lipinski definition) is 4. The van der Waals surface area contributed by atoms with Crippen LogP contribution in [-0.2, 0) is 25.7 Å². The van der Waals surface area contributed by atoms with Crippen molar-refractivity contribution in [2.45, 2.75) is 111 Å². The van der Waals surface area contributed by atoms with Crippen LogP contribution in [0.25, 0.3) is 0 Å². The zero-order valence-corrected chi connectivity index (χ0v) is 24.5. The highest BCUT2D eigenvalue weighted by atomic mass is 16.5. The SMILES string of the molecule is CCC1CC(=O)OC(C(C)C2=CC(=O)C3C4CCC5CC(OCc6ccccc6)CCC5(C)C4CCC23C)C1. The van der Waals surface area contributed by atoms with Crippen LogP contribution >= 0.6 is 0 Å². The van der Waals surface area contributed by atoms with Crippen molar-refractivity contribution in [3.63, 3.8) is 0 Å². The first-order chi connectivity index (χ1) is 18.7. The van der Waals surface area contributed by atoms with Crippen molar-refractivity contribution >= 4 is 11.8 Å². The van der Waals surface area contributed by atoms with Crippen LogP contribution < -0.4 is 0 Å². The summed E-state index contributed by atoms with van der Waals surface area (Å²) >= 11 is 0. The number of carbonyl (C=O) groups excluding carboxylic acids is 2. The standard InChI is InChI=1S/C35H48O4/c1-5-23-17-31(39-32(37)18-23)22(2)29-20-30(36)33-27-12-11-25-19-26(38-21-24-9-7-6-8-10-24)13-15-34(25,3)28(27)14-16-35(29,33)4/h6-10,20,22-23,25-28,31,33H,5,11-19,21H2,1-4H3. The second-order valence-electron chi connectivity index (χ2n) is 14.2. The number of ether oxygens (including phenoxy) is 2. The maximum atomic E-state index is 13.8. The molecule has 1 aromatic rings. The predicted octanol–water partition coefficient (Wildman–Crippen LogP) is 7.70. The van der Waals surface area contributed by atoms with E-state index >= 15 is 0 Å². The van der Waals surface area contributed by atoms with E-state index < -0.39 is 0 Å². The summed E-state index contributed by atoms with van der Waals surface area (Å²) in [7, 11) is 0. The molecular formula is C35H48O4. The van der Waals surface area contributed by atoms with Gasteiger partial charge in [0, 0.05) is 18.3 Å². The zero-order chi connectivity index (χ0) is 27.4. The molecule has 4 heteroatoms. The lowest BCUT2D eigenvalue weighted by molar-refractivity contribution is -0.160. The highest BCUT2D eigenvalue weighted by Crippen LogP contribution is 2.66. The molecule has 0 N–H and O–H groups in total. The number of esters is 1. The molecule has 1 saturated heterocycles. The molecule has 6 rings (SSSR count). The van der Waals surface area contributed by atoms with Gasteiger partial charge in [-0.15, -0.1) is 0 Å². The van der Waals surface area contributed by atoms with E-state index in [1.54, 1.807) is 0 Å². The Hall–Kier alpha value is -1.94. The monoisotopic (exact) mass is 532 g/mol. The number of rotatable bonds is 6. The summed E-state index contributed by atoms with van der Waals surface area (Å²) < 4.78 is 12.3. The predicted molar refractivity (Wildman–Crippen MR) is 153 cm³/mol. The Labute approximate surface area is 235 Å². The van der Waals surface area contributed by atoms with Gasteiger partial charge in [0.05, 0.1) is 12.7 Å². The minimum Gasteiger partial charge on any atom is -0.462 e. The van der Waals surface area contributed by atoms with Gasteiger partial charge in [-0.05, 0) is 97.5 Å². The Morgan fingerprint density at radius 1 is 1.03 bits per heavy atom. The summed E-state index contributed by atoms with van der Waals surface area (Å²) in [6.07, 6.45) is 12.9. The number of benzene rings is 1. The van der Waals surface area contributed by atoms with Crippen LogP contribution in [-0.4, -0.2) is 24.0 Å². The van der Waals surface area contributed by atoms with Gasteiger partial charge in [0.2, 0.25) is 0 Å². The molecule has 0 spiro atoms. The third-order valence-corrected chi connectivity index (χ3v) is 12.3. The lowest BCUT2D eigenvalue weighted by Crippen LogP contribution is -2.55. The summed E-state index contributed by atoms with van der Waals surface area (Å²) in [4.78, 5) is 26.1. The van der Waals surface area contributed by atoms with E-state index in [0.717, 1.165) is 38.5 Å². The van der Waals surface area contributed by atoms with E-state index in [1.165, 1.54) is 30.4 Å². The molecule has 0 bridgehead atoms. The summed E-state index contributed by atoms with van der Waals surface area (Å²) in [5.74, 6) is 2.68. The fourth-order valence-corrected chi connectivity index (χ4v) is 10.0. The number of hydrogen-bond donors (Lipinski definition) is 0. The minimum absolute atomic E-state index is 0.0603. The lowest BCUT2D eigenvalue weighted by Gasteiger charge is -2.60. The van der Waals surface area contributed by atoms with Crippen LogP contribution in [0.1, 0.15) is 97.5 Å². The Balaban J connectivity index is 1.15. The Kier molecular flexibility index (Phi) is 7.31. The van der Waals surface area contributed by atoms with Crippen molar-refractivity contribution in [1.29, 1.82) is 0 Å². The highest BCUT2D eigenvalue weighted by Gasteiger charge is 2.61. The largest absolute Gasteiger partial charge is 0.462 e. The van der Waals surface area contributed by atoms with Gasteiger partial charge in [0.15, 0.2) is 5.78 Å². The van der Waals surface area contributed by atoms with E-state index in [9.17, 15) is 9.59 Å². The van der Waals surface area contributed by atoms with Crippen LogP contribution in [0.3, 0.4) is 0 Å². The molecule has 212 valence electrons. The Bertz CT molecular complexity index is 1110. The van der Waals surface area contributed by atoms with Gasteiger partial charge in [-0.25, -0.2) is 0 Å². The van der Waals surface area contributed by atoms with Crippen LogP contribution in [0.5, 0.6) is 0 Å². The fourth-order valence-electron chi connectivity index (χ4n) is 10.0.